The highest BCUT2D eigenvalue weighted by molar-refractivity contribution is 7.89. The van der Waals surface area contributed by atoms with Gasteiger partial charge < -0.3 is 15.5 Å². The molecule has 21 heavy (non-hydrogen) atoms. The number of aromatic carboxylic acids is 1. The largest absolute Gasteiger partial charge is 0.478 e. The van der Waals surface area contributed by atoms with Crippen LogP contribution in [0.5, 0.6) is 0 Å². The minimum absolute atomic E-state index is 0.117. The highest BCUT2D eigenvalue weighted by Crippen LogP contribution is 2.23. The highest BCUT2D eigenvalue weighted by atomic mass is 32.2. The molecule has 0 unspecified atom stereocenters. The Hall–Kier alpha value is -1.64. The zero-order valence-corrected chi connectivity index (χ0v) is 12.8. The number of hydrogen-bond donors (Lipinski definition) is 4. The van der Waals surface area contributed by atoms with Gasteiger partial charge in [-0.25, -0.2) is 17.9 Å². The summed E-state index contributed by atoms with van der Waals surface area (Å²) in [5.74, 6) is -1.20. The molecule has 8 heteroatoms. The highest BCUT2D eigenvalue weighted by Gasteiger charge is 2.22. The van der Waals surface area contributed by atoms with E-state index in [0.717, 1.165) is 6.07 Å². The van der Waals surface area contributed by atoms with Gasteiger partial charge in [0.2, 0.25) is 10.0 Å². The first kappa shape index (κ1) is 17.4. The van der Waals surface area contributed by atoms with Crippen LogP contribution in [0.15, 0.2) is 23.1 Å². The number of aliphatic hydroxyl groups is 1. The van der Waals surface area contributed by atoms with E-state index in [1.54, 1.807) is 6.92 Å². The minimum Gasteiger partial charge on any atom is -0.478 e. The molecule has 0 fully saturated rings. The van der Waals surface area contributed by atoms with E-state index in [-0.39, 0.29) is 35.3 Å². The van der Waals surface area contributed by atoms with E-state index in [1.165, 1.54) is 12.1 Å². The smallest absolute Gasteiger partial charge is 0.335 e. The van der Waals surface area contributed by atoms with E-state index in [1.807, 2.05) is 6.92 Å². The van der Waals surface area contributed by atoms with Crippen LogP contribution >= 0.6 is 0 Å². The summed E-state index contributed by atoms with van der Waals surface area (Å²) in [7, 11) is -3.85. The Balaban J connectivity index is 3.27. The molecule has 0 aliphatic carbocycles. The van der Waals surface area contributed by atoms with Crippen molar-refractivity contribution in [2.75, 3.05) is 18.5 Å². The van der Waals surface area contributed by atoms with Crippen molar-refractivity contribution in [3.05, 3.63) is 23.8 Å². The van der Waals surface area contributed by atoms with E-state index < -0.39 is 16.0 Å². The van der Waals surface area contributed by atoms with E-state index in [2.05, 4.69) is 10.0 Å². The van der Waals surface area contributed by atoms with Gasteiger partial charge in [0, 0.05) is 12.6 Å². The number of nitrogens with one attached hydrogen (secondary N) is 2. The molecule has 0 spiro atoms. The first-order valence-electron chi connectivity index (χ1n) is 6.56. The summed E-state index contributed by atoms with van der Waals surface area (Å²) in [5.41, 5.74) is 0.138. The van der Waals surface area contributed by atoms with Crippen LogP contribution in [0, 0.1) is 0 Å². The summed E-state index contributed by atoms with van der Waals surface area (Å²) in [4.78, 5) is 10.9. The minimum atomic E-state index is -3.85. The zero-order valence-electron chi connectivity index (χ0n) is 12.0. The molecule has 4 N–H and O–H groups in total. The molecule has 0 aliphatic heterocycles. The van der Waals surface area contributed by atoms with Gasteiger partial charge in [-0.3, -0.25) is 0 Å². The van der Waals surface area contributed by atoms with Gasteiger partial charge in [0.05, 0.1) is 17.9 Å². The molecule has 0 bridgehead atoms. The van der Waals surface area contributed by atoms with Crippen molar-refractivity contribution in [2.45, 2.75) is 31.2 Å². The molecular weight excluding hydrogens is 296 g/mol. The summed E-state index contributed by atoms with van der Waals surface area (Å²) in [6, 6.07) is 3.52. The Morgan fingerprint density at radius 2 is 2.05 bits per heavy atom. The number of anilines is 1. The quantitative estimate of drug-likeness (QED) is 0.565. The molecule has 1 aromatic rings. The van der Waals surface area contributed by atoms with E-state index in [0.29, 0.717) is 6.42 Å². The summed E-state index contributed by atoms with van der Waals surface area (Å²) in [5, 5.41) is 20.6. The van der Waals surface area contributed by atoms with Crippen LogP contribution in [0.2, 0.25) is 0 Å². The lowest BCUT2D eigenvalue weighted by molar-refractivity contribution is 0.0696. The zero-order chi connectivity index (χ0) is 16.0. The second kappa shape index (κ2) is 7.39. The number of carboxylic acids is 1. The Labute approximate surface area is 124 Å². The first-order valence-corrected chi connectivity index (χ1v) is 8.04. The van der Waals surface area contributed by atoms with Gasteiger partial charge in [-0.1, -0.05) is 6.92 Å². The Kier molecular flexibility index (Phi) is 6.13. The molecule has 0 saturated heterocycles. The molecular formula is C13H20N2O5S. The van der Waals surface area contributed by atoms with Crippen LogP contribution < -0.4 is 10.0 Å². The van der Waals surface area contributed by atoms with Gasteiger partial charge in [0.15, 0.2) is 0 Å². The average molecular weight is 316 g/mol. The van der Waals surface area contributed by atoms with Gasteiger partial charge in [-0.05, 0) is 31.5 Å². The molecule has 0 heterocycles. The maximum Gasteiger partial charge on any atom is 0.335 e. The maximum absolute atomic E-state index is 12.4. The molecule has 0 aromatic heterocycles. The fraction of sp³-hybridized carbons (Fsp3) is 0.462. The number of sulfonamides is 1. The summed E-state index contributed by atoms with van der Waals surface area (Å²) in [6.45, 7) is 3.56. The number of carboxylic acid groups (broad SMARTS) is 1. The number of benzene rings is 1. The number of hydrogen-bond acceptors (Lipinski definition) is 5. The lowest BCUT2D eigenvalue weighted by Crippen LogP contribution is -2.32. The Morgan fingerprint density at radius 1 is 1.38 bits per heavy atom. The van der Waals surface area contributed by atoms with Crippen LogP contribution in [0.4, 0.5) is 5.69 Å². The third kappa shape index (κ3) is 4.69. The van der Waals surface area contributed by atoms with Crippen molar-refractivity contribution in [3.63, 3.8) is 0 Å². The molecule has 0 radical (unpaired) electrons. The van der Waals surface area contributed by atoms with Gasteiger partial charge in [0.1, 0.15) is 4.90 Å². The van der Waals surface area contributed by atoms with Gasteiger partial charge in [-0.2, -0.15) is 0 Å². The van der Waals surface area contributed by atoms with Crippen LogP contribution in [-0.4, -0.2) is 43.8 Å². The Morgan fingerprint density at radius 3 is 2.57 bits per heavy atom. The fourth-order valence-electron chi connectivity index (χ4n) is 1.63. The van der Waals surface area contributed by atoms with Crippen LogP contribution in [0.25, 0.3) is 0 Å². The number of rotatable bonds is 8. The second-order valence-electron chi connectivity index (χ2n) is 4.60. The first-order chi connectivity index (χ1) is 9.81. The third-order valence-corrected chi connectivity index (χ3v) is 4.54. The third-order valence-electron chi connectivity index (χ3n) is 2.91. The van der Waals surface area contributed by atoms with Crippen molar-refractivity contribution in [3.8, 4) is 0 Å². The lowest BCUT2D eigenvalue weighted by atomic mass is 10.2. The molecule has 1 aromatic carbocycles. The predicted molar refractivity (Wildman–Crippen MR) is 79.1 cm³/mol. The summed E-state index contributed by atoms with van der Waals surface area (Å²) < 4.78 is 27.2. The summed E-state index contributed by atoms with van der Waals surface area (Å²) >= 11 is 0. The molecule has 118 valence electrons. The maximum atomic E-state index is 12.4. The second-order valence-corrected chi connectivity index (χ2v) is 6.28. The van der Waals surface area contributed by atoms with E-state index in [4.69, 9.17) is 10.2 Å². The van der Waals surface area contributed by atoms with Crippen LogP contribution in [0.3, 0.4) is 0 Å². The number of aliphatic hydroxyl groups excluding tert-OH is 1. The fourth-order valence-corrected chi connectivity index (χ4v) is 3.16. The van der Waals surface area contributed by atoms with Crippen LogP contribution in [0.1, 0.15) is 30.6 Å². The molecule has 7 nitrogen and oxygen atoms in total. The van der Waals surface area contributed by atoms with Crippen molar-refractivity contribution >= 4 is 21.7 Å². The van der Waals surface area contributed by atoms with Crippen molar-refractivity contribution in [1.29, 1.82) is 0 Å². The van der Waals surface area contributed by atoms with Crippen molar-refractivity contribution in [1.82, 2.24) is 4.72 Å². The van der Waals surface area contributed by atoms with Crippen LogP contribution in [-0.2, 0) is 10.0 Å². The molecule has 1 atom stereocenters. The van der Waals surface area contributed by atoms with Crippen molar-refractivity contribution in [2.24, 2.45) is 0 Å². The Bertz CT molecular complexity index is 601. The normalized spacial score (nSPS) is 12.9. The molecule has 0 amide bonds. The van der Waals surface area contributed by atoms with E-state index >= 15 is 0 Å². The van der Waals surface area contributed by atoms with Gasteiger partial charge in [-0.15, -0.1) is 0 Å². The SMILES string of the molecule is CC[C@H](C)NS(=O)(=O)c1cc(C(=O)O)ccc1NCCO. The monoisotopic (exact) mass is 316 g/mol. The van der Waals surface area contributed by atoms with Gasteiger partial charge >= 0.3 is 5.97 Å². The molecule has 0 aliphatic rings. The summed E-state index contributed by atoms with van der Waals surface area (Å²) in [6.07, 6.45) is 0.608. The molecule has 1 rings (SSSR count). The number of carbonyl (C=O) groups is 1. The molecule has 0 saturated carbocycles. The van der Waals surface area contributed by atoms with Crippen molar-refractivity contribution < 1.29 is 23.4 Å². The van der Waals surface area contributed by atoms with E-state index in [9.17, 15) is 13.2 Å². The lowest BCUT2D eigenvalue weighted by Gasteiger charge is -2.16. The average Bonchev–Trinajstić information content (AvgIpc) is 2.44. The topological polar surface area (TPSA) is 116 Å². The van der Waals surface area contributed by atoms with Gasteiger partial charge in [0.25, 0.3) is 0 Å². The predicted octanol–water partition coefficient (Wildman–Crippen LogP) is 0.866. The standard InChI is InChI=1S/C13H20N2O5S/c1-3-9(2)15-21(19,20)12-8-10(13(17)18)4-5-11(12)14-6-7-16/h4-5,8-9,14-16H,3,6-7H2,1-2H3,(H,17,18)/t9-/m0/s1.